The van der Waals surface area contributed by atoms with E-state index >= 15 is 0 Å². The Morgan fingerprint density at radius 2 is 1.86 bits per heavy atom. The SMILES string of the molecule is COC(=O)C(C)OC(=O)/C(C#N)=C/c1ccc(N(C)C)cc1. The van der Waals surface area contributed by atoms with Gasteiger partial charge in [0.05, 0.1) is 7.11 Å². The zero-order chi connectivity index (χ0) is 16.7. The summed E-state index contributed by atoms with van der Waals surface area (Å²) in [5.41, 5.74) is 1.50. The molecule has 0 aromatic heterocycles. The molecule has 1 rings (SSSR count). The summed E-state index contributed by atoms with van der Waals surface area (Å²) < 4.78 is 9.33. The van der Waals surface area contributed by atoms with Gasteiger partial charge in [0.25, 0.3) is 0 Å². The molecule has 0 radical (unpaired) electrons. The minimum Gasteiger partial charge on any atom is -0.466 e. The highest BCUT2D eigenvalue weighted by molar-refractivity contribution is 5.99. The fourth-order valence-corrected chi connectivity index (χ4v) is 1.61. The highest BCUT2D eigenvalue weighted by Crippen LogP contribution is 2.15. The van der Waals surface area contributed by atoms with Gasteiger partial charge in [-0.05, 0) is 30.7 Å². The van der Waals surface area contributed by atoms with Crippen molar-refractivity contribution in [2.75, 3.05) is 26.1 Å². The van der Waals surface area contributed by atoms with Crippen molar-refractivity contribution < 1.29 is 19.1 Å². The van der Waals surface area contributed by atoms with E-state index in [4.69, 9.17) is 10.00 Å². The number of benzene rings is 1. The van der Waals surface area contributed by atoms with E-state index in [-0.39, 0.29) is 5.57 Å². The highest BCUT2D eigenvalue weighted by Gasteiger charge is 2.20. The summed E-state index contributed by atoms with van der Waals surface area (Å²) in [5, 5.41) is 9.07. The van der Waals surface area contributed by atoms with E-state index in [0.717, 1.165) is 5.69 Å². The van der Waals surface area contributed by atoms with Crippen molar-refractivity contribution in [3.63, 3.8) is 0 Å². The molecule has 6 heteroatoms. The summed E-state index contributed by atoms with van der Waals surface area (Å²) >= 11 is 0. The number of carbonyl (C=O) groups is 2. The van der Waals surface area contributed by atoms with Crippen LogP contribution in [0.1, 0.15) is 12.5 Å². The number of anilines is 1. The van der Waals surface area contributed by atoms with Gasteiger partial charge >= 0.3 is 11.9 Å². The molecule has 0 N–H and O–H groups in total. The van der Waals surface area contributed by atoms with Gasteiger partial charge in [0.2, 0.25) is 0 Å². The molecular formula is C16H18N2O4. The highest BCUT2D eigenvalue weighted by atomic mass is 16.6. The van der Waals surface area contributed by atoms with E-state index in [2.05, 4.69) is 4.74 Å². The van der Waals surface area contributed by atoms with Gasteiger partial charge in [-0.3, -0.25) is 0 Å². The molecule has 0 bridgehead atoms. The van der Waals surface area contributed by atoms with Crippen LogP contribution in [0, 0.1) is 11.3 Å². The van der Waals surface area contributed by atoms with Crippen molar-refractivity contribution in [3.8, 4) is 6.07 Å². The molecule has 0 aliphatic rings. The molecule has 1 aromatic carbocycles. The molecule has 0 saturated heterocycles. The van der Waals surface area contributed by atoms with Gasteiger partial charge in [-0.15, -0.1) is 0 Å². The van der Waals surface area contributed by atoms with E-state index in [1.165, 1.54) is 20.1 Å². The van der Waals surface area contributed by atoms with Crippen LogP contribution in [0.25, 0.3) is 6.08 Å². The molecule has 0 aliphatic carbocycles. The van der Waals surface area contributed by atoms with Gasteiger partial charge in [-0.1, -0.05) is 12.1 Å². The van der Waals surface area contributed by atoms with Crippen molar-refractivity contribution in [1.29, 1.82) is 5.26 Å². The van der Waals surface area contributed by atoms with Crippen LogP contribution in [-0.2, 0) is 19.1 Å². The zero-order valence-electron chi connectivity index (χ0n) is 13.0. The lowest BCUT2D eigenvalue weighted by atomic mass is 10.1. The minimum absolute atomic E-state index is 0.187. The lowest BCUT2D eigenvalue weighted by molar-refractivity contribution is -0.161. The fraction of sp³-hybridized carbons (Fsp3) is 0.312. The predicted molar refractivity (Wildman–Crippen MR) is 81.9 cm³/mol. The first-order chi connectivity index (χ1) is 10.4. The average molecular weight is 302 g/mol. The normalized spacial score (nSPS) is 12.0. The van der Waals surface area contributed by atoms with Gasteiger partial charge in [0, 0.05) is 19.8 Å². The summed E-state index contributed by atoms with van der Waals surface area (Å²) in [4.78, 5) is 25.0. The van der Waals surface area contributed by atoms with Crippen molar-refractivity contribution in [2.24, 2.45) is 0 Å². The third-order valence-electron chi connectivity index (χ3n) is 2.88. The lowest BCUT2D eigenvalue weighted by Gasteiger charge is -2.12. The maximum Gasteiger partial charge on any atom is 0.349 e. The van der Waals surface area contributed by atoms with Crippen LogP contribution in [0.3, 0.4) is 0 Å². The largest absolute Gasteiger partial charge is 0.466 e. The monoisotopic (exact) mass is 302 g/mol. The predicted octanol–water partition coefficient (Wildman–Crippen LogP) is 1.76. The Balaban J connectivity index is 2.88. The first-order valence-corrected chi connectivity index (χ1v) is 6.57. The molecule has 0 saturated carbocycles. The first kappa shape index (κ1) is 17.2. The number of ether oxygens (including phenoxy) is 2. The van der Waals surface area contributed by atoms with E-state index in [0.29, 0.717) is 5.56 Å². The van der Waals surface area contributed by atoms with Gasteiger partial charge in [-0.25, -0.2) is 9.59 Å². The number of carbonyl (C=O) groups excluding carboxylic acids is 2. The molecular weight excluding hydrogens is 284 g/mol. The second-order valence-corrected chi connectivity index (χ2v) is 4.73. The Kier molecular flexibility index (Phi) is 6.14. The molecule has 116 valence electrons. The summed E-state index contributed by atoms with van der Waals surface area (Å²) in [7, 11) is 5.02. The molecule has 0 heterocycles. The smallest absolute Gasteiger partial charge is 0.349 e. The Labute approximate surface area is 129 Å². The van der Waals surface area contributed by atoms with Crippen molar-refractivity contribution >= 4 is 23.7 Å². The number of nitriles is 1. The second-order valence-electron chi connectivity index (χ2n) is 4.73. The minimum atomic E-state index is -1.06. The maximum atomic E-state index is 11.9. The number of hydrogen-bond acceptors (Lipinski definition) is 6. The van der Waals surface area contributed by atoms with E-state index in [1.807, 2.05) is 31.1 Å². The zero-order valence-corrected chi connectivity index (χ0v) is 13.0. The Morgan fingerprint density at radius 3 is 2.32 bits per heavy atom. The summed E-state index contributed by atoms with van der Waals surface area (Å²) in [5.74, 6) is -1.54. The number of nitrogens with zero attached hydrogens (tertiary/aromatic N) is 2. The van der Waals surface area contributed by atoms with Gasteiger partial charge < -0.3 is 14.4 Å². The summed E-state index contributed by atoms with van der Waals surface area (Å²) in [6, 6.07) is 9.07. The van der Waals surface area contributed by atoms with E-state index in [1.54, 1.807) is 18.2 Å². The Bertz CT molecular complexity index is 612. The van der Waals surface area contributed by atoms with Crippen LogP contribution in [0.4, 0.5) is 5.69 Å². The Hall–Kier alpha value is -2.81. The van der Waals surface area contributed by atoms with Crippen molar-refractivity contribution in [2.45, 2.75) is 13.0 Å². The van der Waals surface area contributed by atoms with Crippen LogP contribution in [0.15, 0.2) is 29.8 Å². The number of methoxy groups -OCH3 is 1. The molecule has 0 fully saturated rings. The van der Waals surface area contributed by atoms with Gasteiger partial charge in [0.1, 0.15) is 11.6 Å². The van der Waals surface area contributed by atoms with Gasteiger partial charge in [0.15, 0.2) is 6.10 Å². The third-order valence-corrected chi connectivity index (χ3v) is 2.88. The number of hydrogen-bond donors (Lipinski definition) is 0. The van der Waals surface area contributed by atoms with Crippen LogP contribution in [-0.4, -0.2) is 39.2 Å². The molecule has 0 spiro atoms. The number of rotatable bonds is 5. The molecule has 1 aromatic rings. The average Bonchev–Trinajstić information content (AvgIpc) is 2.51. The summed E-state index contributed by atoms with van der Waals surface area (Å²) in [6.45, 7) is 1.38. The quantitative estimate of drug-likeness (QED) is 0.468. The number of esters is 2. The summed E-state index contributed by atoms with van der Waals surface area (Å²) in [6.07, 6.45) is 0.344. The van der Waals surface area contributed by atoms with Crippen LogP contribution >= 0.6 is 0 Å². The molecule has 1 atom stereocenters. The maximum absolute atomic E-state index is 11.9. The van der Waals surface area contributed by atoms with Gasteiger partial charge in [-0.2, -0.15) is 5.26 Å². The van der Waals surface area contributed by atoms with Crippen molar-refractivity contribution in [3.05, 3.63) is 35.4 Å². The Morgan fingerprint density at radius 1 is 1.27 bits per heavy atom. The molecule has 0 aliphatic heterocycles. The fourth-order valence-electron chi connectivity index (χ4n) is 1.61. The van der Waals surface area contributed by atoms with Crippen LogP contribution in [0.5, 0.6) is 0 Å². The topological polar surface area (TPSA) is 79.6 Å². The van der Waals surface area contributed by atoms with E-state index in [9.17, 15) is 9.59 Å². The van der Waals surface area contributed by atoms with Crippen LogP contribution < -0.4 is 4.90 Å². The molecule has 6 nitrogen and oxygen atoms in total. The molecule has 1 unspecified atom stereocenters. The first-order valence-electron chi connectivity index (χ1n) is 6.57. The van der Waals surface area contributed by atoms with Crippen LogP contribution in [0.2, 0.25) is 0 Å². The molecule has 0 amide bonds. The van der Waals surface area contributed by atoms with Crippen molar-refractivity contribution in [1.82, 2.24) is 0 Å². The van der Waals surface area contributed by atoms with E-state index < -0.39 is 18.0 Å². The standard InChI is InChI=1S/C16H18N2O4/c1-11(15(19)21-4)22-16(20)13(10-17)9-12-5-7-14(8-6-12)18(2)3/h5-9,11H,1-4H3/b13-9+. The third kappa shape index (κ3) is 4.63. The lowest BCUT2D eigenvalue weighted by Crippen LogP contribution is -2.25. The molecule has 22 heavy (non-hydrogen) atoms. The second kappa shape index (κ2) is 7.84.